The van der Waals surface area contributed by atoms with Crippen molar-refractivity contribution in [2.24, 2.45) is 17.6 Å². The van der Waals surface area contributed by atoms with Crippen LogP contribution in [-0.2, 0) is 0 Å². The van der Waals surface area contributed by atoms with Crippen LogP contribution < -0.4 is 11.1 Å². The van der Waals surface area contributed by atoms with Crippen LogP contribution in [0.2, 0.25) is 0 Å². The molecule has 2 fully saturated rings. The number of nitrogens with two attached hydrogens (primary N) is 1. The molecule has 1 aromatic rings. The van der Waals surface area contributed by atoms with Crippen molar-refractivity contribution >= 4 is 21.8 Å². The van der Waals surface area contributed by atoms with E-state index in [0.717, 1.165) is 28.4 Å². The van der Waals surface area contributed by atoms with Crippen LogP contribution in [0.5, 0.6) is 0 Å². The van der Waals surface area contributed by atoms with Crippen molar-refractivity contribution in [3.63, 3.8) is 0 Å². The third-order valence-corrected chi connectivity index (χ3v) is 5.60. The molecular formula is C17H23BrN2O. The van der Waals surface area contributed by atoms with Gasteiger partial charge in [0.25, 0.3) is 5.91 Å². The van der Waals surface area contributed by atoms with Crippen molar-refractivity contribution in [1.82, 2.24) is 5.32 Å². The standard InChI is InChI=1S/C17H23BrN2O/c1-10-7-13(18)5-6-15(10)17(21)20-16-11-3-2-4-12(16)9-14(19)8-11/h5-7,11-12,14,16H,2-4,8-9,19H2,1H3,(H,20,21). The highest BCUT2D eigenvalue weighted by molar-refractivity contribution is 9.10. The Bertz CT molecular complexity index is 532. The molecule has 0 aromatic heterocycles. The van der Waals surface area contributed by atoms with Gasteiger partial charge in [0.2, 0.25) is 0 Å². The number of carbonyl (C=O) groups excluding carboxylic acids is 1. The third-order valence-electron chi connectivity index (χ3n) is 5.11. The quantitative estimate of drug-likeness (QED) is 0.858. The first-order valence-corrected chi connectivity index (χ1v) is 8.66. The SMILES string of the molecule is Cc1cc(Br)ccc1C(=O)NC1C2CCCC1CC(N)C2. The Kier molecular flexibility index (Phi) is 4.36. The van der Waals surface area contributed by atoms with Crippen molar-refractivity contribution in [1.29, 1.82) is 0 Å². The maximum absolute atomic E-state index is 12.6. The lowest BCUT2D eigenvalue weighted by molar-refractivity contribution is 0.0755. The summed E-state index contributed by atoms with van der Waals surface area (Å²) in [4.78, 5) is 12.6. The highest BCUT2D eigenvalue weighted by Gasteiger charge is 2.40. The van der Waals surface area contributed by atoms with Crippen LogP contribution >= 0.6 is 15.9 Å². The molecule has 0 spiro atoms. The molecule has 2 aliphatic carbocycles. The fraction of sp³-hybridized carbons (Fsp3) is 0.588. The molecule has 3 nitrogen and oxygen atoms in total. The maximum atomic E-state index is 12.6. The van der Waals surface area contributed by atoms with Gasteiger partial charge in [0.05, 0.1) is 0 Å². The fourth-order valence-electron chi connectivity index (χ4n) is 4.14. The van der Waals surface area contributed by atoms with Crippen molar-refractivity contribution in [2.75, 3.05) is 0 Å². The number of aryl methyl sites for hydroxylation is 1. The number of amides is 1. The fourth-order valence-corrected chi connectivity index (χ4v) is 4.61. The van der Waals surface area contributed by atoms with Crippen LogP contribution in [0.1, 0.15) is 48.0 Å². The number of halogens is 1. The van der Waals surface area contributed by atoms with Gasteiger partial charge in [0, 0.05) is 22.1 Å². The maximum Gasteiger partial charge on any atom is 0.251 e. The van der Waals surface area contributed by atoms with Crippen LogP contribution in [0.15, 0.2) is 22.7 Å². The summed E-state index contributed by atoms with van der Waals surface area (Å²) in [5.74, 6) is 1.19. The Labute approximate surface area is 134 Å². The monoisotopic (exact) mass is 350 g/mol. The van der Waals surface area contributed by atoms with Gasteiger partial charge >= 0.3 is 0 Å². The number of hydrogen-bond acceptors (Lipinski definition) is 2. The molecule has 0 aliphatic heterocycles. The van der Waals surface area contributed by atoms with Gasteiger partial charge in [-0.15, -0.1) is 0 Å². The zero-order valence-corrected chi connectivity index (χ0v) is 14.0. The van der Waals surface area contributed by atoms with Crippen molar-refractivity contribution < 1.29 is 4.79 Å². The summed E-state index contributed by atoms with van der Waals surface area (Å²) in [6, 6.07) is 6.46. The number of benzene rings is 1. The van der Waals surface area contributed by atoms with E-state index >= 15 is 0 Å². The van der Waals surface area contributed by atoms with Gasteiger partial charge in [-0.2, -0.15) is 0 Å². The summed E-state index contributed by atoms with van der Waals surface area (Å²) in [5, 5.41) is 3.31. The number of rotatable bonds is 2. The van der Waals surface area contributed by atoms with Crippen LogP contribution in [-0.4, -0.2) is 18.0 Å². The molecule has 1 amide bonds. The van der Waals surface area contributed by atoms with E-state index in [1.54, 1.807) is 0 Å². The molecule has 2 unspecified atom stereocenters. The van der Waals surface area contributed by atoms with Gasteiger partial charge in [0.15, 0.2) is 0 Å². The molecule has 21 heavy (non-hydrogen) atoms. The summed E-state index contributed by atoms with van der Waals surface area (Å²) in [7, 11) is 0. The first-order chi connectivity index (χ1) is 10.0. The number of carbonyl (C=O) groups is 1. The Hall–Kier alpha value is -0.870. The minimum atomic E-state index is 0.0670. The zero-order chi connectivity index (χ0) is 15.0. The molecule has 2 saturated carbocycles. The summed E-state index contributed by atoms with van der Waals surface area (Å²) in [6.45, 7) is 1.98. The third kappa shape index (κ3) is 3.16. The normalized spacial score (nSPS) is 31.8. The largest absolute Gasteiger partial charge is 0.349 e. The highest BCUT2D eigenvalue weighted by atomic mass is 79.9. The van der Waals surface area contributed by atoms with Crippen LogP contribution in [0.4, 0.5) is 0 Å². The van der Waals surface area contributed by atoms with Crippen LogP contribution in [0.25, 0.3) is 0 Å². The minimum absolute atomic E-state index is 0.0670. The smallest absolute Gasteiger partial charge is 0.251 e. The lowest BCUT2D eigenvalue weighted by Crippen LogP contribution is -2.53. The molecule has 2 bridgehead atoms. The Morgan fingerprint density at radius 2 is 1.95 bits per heavy atom. The summed E-state index contributed by atoms with van der Waals surface area (Å²) in [6.07, 6.45) is 5.80. The molecule has 0 radical (unpaired) electrons. The van der Waals surface area contributed by atoms with Gasteiger partial charge in [-0.3, -0.25) is 4.79 Å². The van der Waals surface area contributed by atoms with E-state index in [9.17, 15) is 4.79 Å². The van der Waals surface area contributed by atoms with E-state index in [1.165, 1.54) is 19.3 Å². The van der Waals surface area contributed by atoms with Crippen molar-refractivity contribution in [3.05, 3.63) is 33.8 Å². The zero-order valence-electron chi connectivity index (χ0n) is 12.4. The predicted octanol–water partition coefficient (Wildman–Crippen LogP) is 3.39. The van der Waals surface area contributed by atoms with Gasteiger partial charge in [0.1, 0.15) is 0 Å². The molecule has 2 aliphatic rings. The van der Waals surface area contributed by atoms with Crippen LogP contribution in [0, 0.1) is 18.8 Å². The van der Waals surface area contributed by atoms with E-state index < -0.39 is 0 Å². The van der Waals surface area contributed by atoms with E-state index in [1.807, 2.05) is 25.1 Å². The molecule has 114 valence electrons. The molecule has 1 aromatic carbocycles. The molecule has 4 heteroatoms. The molecule has 0 saturated heterocycles. The number of hydrogen-bond donors (Lipinski definition) is 2. The van der Waals surface area contributed by atoms with Gasteiger partial charge in [-0.05, 0) is 68.2 Å². The topological polar surface area (TPSA) is 55.1 Å². The van der Waals surface area contributed by atoms with Crippen molar-refractivity contribution in [2.45, 2.75) is 51.1 Å². The van der Waals surface area contributed by atoms with E-state index in [2.05, 4.69) is 21.2 Å². The minimum Gasteiger partial charge on any atom is -0.349 e. The Balaban J connectivity index is 1.75. The van der Waals surface area contributed by atoms with E-state index in [-0.39, 0.29) is 5.91 Å². The first-order valence-electron chi connectivity index (χ1n) is 7.87. The summed E-state index contributed by atoms with van der Waals surface area (Å²) < 4.78 is 1.01. The lowest BCUT2D eigenvalue weighted by Gasteiger charge is -2.45. The molecular weight excluding hydrogens is 328 g/mol. The van der Waals surface area contributed by atoms with E-state index in [0.29, 0.717) is 23.9 Å². The van der Waals surface area contributed by atoms with Crippen LogP contribution in [0.3, 0.4) is 0 Å². The van der Waals surface area contributed by atoms with Gasteiger partial charge in [-0.25, -0.2) is 0 Å². The van der Waals surface area contributed by atoms with E-state index in [4.69, 9.17) is 5.73 Å². The second-order valence-electron chi connectivity index (χ2n) is 6.64. The van der Waals surface area contributed by atoms with Crippen molar-refractivity contribution in [3.8, 4) is 0 Å². The average molecular weight is 351 g/mol. The summed E-state index contributed by atoms with van der Waals surface area (Å²) >= 11 is 3.44. The molecule has 0 heterocycles. The Morgan fingerprint density at radius 3 is 2.57 bits per heavy atom. The van der Waals surface area contributed by atoms with Gasteiger partial charge < -0.3 is 11.1 Å². The predicted molar refractivity (Wildman–Crippen MR) is 88.2 cm³/mol. The molecule has 3 rings (SSSR count). The highest BCUT2D eigenvalue weighted by Crippen LogP contribution is 2.39. The average Bonchev–Trinajstić information content (AvgIpc) is 2.39. The molecule has 2 atom stereocenters. The van der Waals surface area contributed by atoms with Gasteiger partial charge in [-0.1, -0.05) is 22.4 Å². The second kappa shape index (κ2) is 6.09. The molecule has 3 N–H and O–H groups in total. The number of fused-ring (bicyclic) bond motifs is 2. The first kappa shape index (κ1) is 15.0. The second-order valence-corrected chi connectivity index (χ2v) is 7.56. The number of nitrogens with one attached hydrogen (secondary N) is 1. The summed E-state index contributed by atoms with van der Waals surface area (Å²) in [5.41, 5.74) is 7.95. The lowest BCUT2D eigenvalue weighted by atomic mass is 9.67. The Morgan fingerprint density at radius 1 is 1.29 bits per heavy atom.